The number of methoxy groups -OCH3 is 1. The summed E-state index contributed by atoms with van der Waals surface area (Å²) in [6.45, 7) is 9.19. The number of fused-ring (bicyclic) bond motifs is 3. The van der Waals surface area contributed by atoms with E-state index in [0.29, 0.717) is 11.4 Å². The van der Waals surface area contributed by atoms with E-state index in [1.54, 1.807) is 17.3 Å². The first kappa shape index (κ1) is 33.8. The SMILES string of the molecule is COC(=O)c1csc([C@@H](CC(C)=O)C[C@H](C(C)C)N(C)C(=O)[C@@H](NC(=O)OOC2c3ccccc3-c3ccccc32)C(C)C)n1. The molecule has 0 radical (unpaired) electrons. The van der Waals surface area contributed by atoms with Crippen molar-refractivity contribution in [3.05, 3.63) is 75.7 Å². The average molecular weight is 636 g/mol. The predicted molar refractivity (Wildman–Crippen MR) is 171 cm³/mol. The van der Waals surface area contributed by atoms with E-state index in [4.69, 9.17) is 14.5 Å². The van der Waals surface area contributed by atoms with Crippen LogP contribution in [0.4, 0.5) is 4.79 Å². The van der Waals surface area contributed by atoms with Gasteiger partial charge < -0.3 is 19.7 Å². The molecule has 0 unspecified atom stereocenters. The lowest BCUT2D eigenvalue weighted by Crippen LogP contribution is -2.54. The topological polar surface area (TPSA) is 124 Å². The van der Waals surface area contributed by atoms with E-state index >= 15 is 0 Å². The Hall–Kier alpha value is -4.09. The lowest BCUT2D eigenvalue weighted by molar-refractivity contribution is -0.265. The van der Waals surface area contributed by atoms with Crippen LogP contribution in [0.25, 0.3) is 11.1 Å². The lowest BCUT2D eigenvalue weighted by atomic mass is 9.88. The van der Waals surface area contributed by atoms with Crippen molar-refractivity contribution in [1.29, 1.82) is 0 Å². The Labute approximate surface area is 268 Å². The molecule has 11 heteroatoms. The van der Waals surface area contributed by atoms with Gasteiger partial charge in [-0.15, -0.1) is 11.3 Å². The van der Waals surface area contributed by atoms with E-state index in [0.717, 1.165) is 22.3 Å². The Balaban J connectivity index is 1.46. The van der Waals surface area contributed by atoms with Crippen molar-refractivity contribution in [2.24, 2.45) is 11.8 Å². The number of carbonyl (C=O) groups is 4. The summed E-state index contributed by atoms with van der Waals surface area (Å²) in [6, 6.07) is 14.4. The highest BCUT2D eigenvalue weighted by Gasteiger charge is 2.36. The zero-order valence-electron chi connectivity index (χ0n) is 26.7. The minimum Gasteiger partial charge on any atom is -0.464 e. The van der Waals surface area contributed by atoms with Crippen LogP contribution in [0.2, 0.25) is 0 Å². The van der Waals surface area contributed by atoms with Crippen LogP contribution in [0.1, 0.15) is 86.1 Å². The van der Waals surface area contributed by atoms with Gasteiger partial charge in [-0.3, -0.25) is 9.68 Å². The van der Waals surface area contributed by atoms with Crippen LogP contribution in [0.5, 0.6) is 0 Å². The second kappa shape index (κ2) is 14.8. The summed E-state index contributed by atoms with van der Waals surface area (Å²) in [5.41, 5.74) is 4.00. The van der Waals surface area contributed by atoms with E-state index < -0.39 is 24.2 Å². The molecule has 3 aromatic rings. The van der Waals surface area contributed by atoms with Crippen LogP contribution >= 0.6 is 11.3 Å². The predicted octanol–water partition coefficient (Wildman–Crippen LogP) is 6.32. The molecule has 1 aliphatic rings. The number of carbonyl (C=O) groups excluding carboxylic acids is 4. The molecule has 4 rings (SSSR count). The van der Waals surface area contributed by atoms with Gasteiger partial charge in [-0.2, -0.15) is 4.89 Å². The van der Waals surface area contributed by atoms with E-state index in [1.165, 1.54) is 25.4 Å². The number of Topliss-reactive ketones (excluding diaryl/α,β-unsaturated/α-hetero) is 1. The quantitative estimate of drug-likeness (QED) is 0.132. The number of likely N-dealkylation sites (N-methyl/N-ethyl adjacent to an activating group) is 1. The smallest absolute Gasteiger partial charge is 0.439 e. The number of esters is 1. The normalized spacial score (nSPS) is 14.3. The van der Waals surface area contributed by atoms with Gasteiger partial charge in [0.2, 0.25) is 5.91 Å². The standard InChI is InChI=1S/C34H41N3O7S/c1-19(2)28(17-22(16-21(5)38)31-35-27(18-45-31)33(40)42-7)37(6)32(39)29(20(3)4)36-34(41)44-43-30-25-14-10-8-12-23(25)24-13-9-11-15-26(24)30/h8-15,18-20,22,28-30H,16-17H2,1-7H3,(H,36,41)/t22-,28+,29-/m0/s1. The van der Waals surface area contributed by atoms with Crippen LogP contribution in [0.3, 0.4) is 0 Å². The molecule has 3 atom stereocenters. The summed E-state index contributed by atoms with van der Waals surface area (Å²) < 4.78 is 4.79. The summed E-state index contributed by atoms with van der Waals surface area (Å²) in [4.78, 5) is 68.1. The number of nitrogens with zero attached hydrogens (tertiary/aromatic N) is 2. The minimum atomic E-state index is -0.896. The van der Waals surface area contributed by atoms with Crippen molar-refractivity contribution in [3.63, 3.8) is 0 Å². The Morgan fingerprint density at radius 2 is 1.56 bits per heavy atom. The molecule has 1 heterocycles. The van der Waals surface area contributed by atoms with Gasteiger partial charge in [0.15, 0.2) is 11.8 Å². The van der Waals surface area contributed by atoms with Crippen molar-refractivity contribution in [2.75, 3.05) is 14.2 Å². The van der Waals surface area contributed by atoms with Crippen LogP contribution in [-0.4, -0.2) is 59.9 Å². The molecular weight excluding hydrogens is 594 g/mol. The Kier molecular flexibility index (Phi) is 11.1. The summed E-state index contributed by atoms with van der Waals surface area (Å²) in [5, 5.41) is 4.95. The first-order valence-corrected chi connectivity index (χ1v) is 15.9. The first-order chi connectivity index (χ1) is 21.4. The highest BCUT2D eigenvalue weighted by atomic mass is 32.1. The van der Waals surface area contributed by atoms with E-state index in [1.807, 2.05) is 76.2 Å². The molecule has 10 nitrogen and oxygen atoms in total. The third kappa shape index (κ3) is 7.77. The monoisotopic (exact) mass is 635 g/mol. The number of ketones is 1. The molecule has 0 fully saturated rings. The number of rotatable bonds is 13. The fourth-order valence-electron chi connectivity index (χ4n) is 5.81. The fourth-order valence-corrected chi connectivity index (χ4v) is 6.72. The molecule has 0 saturated carbocycles. The summed E-state index contributed by atoms with van der Waals surface area (Å²) >= 11 is 1.29. The van der Waals surface area contributed by atoms with Crippen LogP contribution in [0.15, 0.2) is 53.9 Å². The number of hydrogen-bond donors (Lipinski definition) is 1. The molecule has 1 aromatic heterocycles. The molecule has 2 amide bonds. The highest BCUT2D eigenvalue weighted by Crippen LogP contribution is 2.45. The van der Waals surface area contributed by atoms with Gasteiger partial charge >= 0.3 is 12.1 Å². The Morgan fingerprint density at radius 1 is 0.956 bits per heavy atom. The third-order valence-electron chi connectivity index (χ3n) is 8.14. The van der Waals surface area contributed by atoms with Crippen molar-refractivity contribution in [1.82, 2.24) is 15.2 Å². The van der Waals surface area contributed by atoms with E-state index in [2.05, 4.69) is 10.3 Å². The molecule has 2 aromatic carbocycles. The van der Waals surface area contributed by atoms with Gasteiger partial charge in [0.1, 0.15) is 11.8 Å². The van der Waals surface area contributed by atoms with Crippen molar-refractivity contribution in [3.8, 4) is 11.1 Å². The van der Waals surface area contributed by atoms with Crippen molar-refractivity contribution in [2.45, 2.75) is 71.6 Å². The first-order valence-electron chi connectivity index (χ1n) is 15.0. The molecule has 0 aliphatic heterocycles. The summed E-state index contributed by atoms with van der Waals surface area (Å²) in [5.74, 6) is -1.43. The maximum absolute atomic E-state index is 13.9. The molecule has 1 N–H and O–H groups in total. The molecule has 45 heavy (non-hydrogen) atoms. The lowest BCUT2D eigenvalue weighted by Gasteiger charge is -2.36. The zero-order chi connectivity index (χ0) is 32.8. The molecule has 0 spiro atoms. The Morgan fingerprint density at radius 3 is 2.09 bits per heavy atom. The van der Waals surface area contributed by atoms with Gasteiger partial charge in [-0.05, 0) is 47.4 Å². The number of amides is 2. The maximum atomic E-state index is 13.9. The Bertz CT molecular complexity index is 1490. The zero-order valence-corrected chi connectivity index (χ0v) is 27.6. The van der Waals surface area contributed by atoms with E-state index in [-0.39, 0.29) is 47.6 Å². The molecular formula is C34H41N3O7S. The van der Waals surface area contributed by atoms with Gasteiger partial charge in [-0.25, -0.2) is 14.6 Å². The van der Waals surface area contributed by atoms with Gasteiger partial charge in [0.05, 0.1) is 12.1 Å². The molecule has 0 saturated heterocycles. The van der Waals surface area contributed by atoms with E-state index in [9.17, 15) is 19.2 Å². The maximum Gasteiger partial charge on any atom is 0.439 e. The summed E-state index contributed by atoms with van der Waals surface area (Å²) in [6.07, 6.45) is -0.812. The molecule has 240 valence electrons. The van der Waals surface area contributed by atoms with Gasteiger partial charge in [0.25, 0.3) is 0 Å². The second-order valence-electron chi connectivity index (χ2n) is 12.0. The van der Waals surface area contributed by atoms with Crippen LogP contribution < -0.4 is 5.32 Å². The largest absolute Gasteiger partial charge is 0.464 e. The average Bonchev–Trinajstić information content (AvgIpc) is 3.63. The molecule has 1 aliphatic carbocycles. The number of thiazole rings is 1. The number of hydrogen-bond acceptors (Lipinski definition) is 9. The summed E-state index contributed by atoms with van der Waals surface area (Å²) in [7, 11) is 2.99. The number of ether oxygens (including phenoxy) is 1. The highest BCUT2D eigenvalue weighted by molar-refractivity contribution is 7.09. The van der Waals surface area contributed by atoms with Crippen LogP contribution in [0, 0.1) is 11.8 Å². The minimum absolute atomic E-state index is 0.0130. The van der Waals surface area contributed by atoms with Gasteiger partial charge in [0, 0.05) is 30.8 Å². The molecule has 0 bridgehead atoms. The third-order valence-corrected chi connectivity index (χ3v) is 9.15. The number of nitrogens with one attached hydrogen (secondary N) is 1. The fraction of sp³-hybridized carbons (Fsp3) is 0.441. The number of benzene rings is 2. The van der Waals surface area contributed by atoms with Crippen LogP contribution in [-0.2, 0) is 24.1 Å². The number of aromatic nitrogens is 1. The van der Waals surface area contributed by atoms with Crippen molar-refractivity contribution >= 4 is 35.1 Å². The second-order valence-corrected chi connectivity index (χ2v) is 12.9. The van der Waals surface area contributed by atoms with Gasteiger partial charge in [-0.1, -0.05) is 76.2 Å². The van der Waals surface area contributed by atoms with Crippen molar-refractivity contribution < 1.29 is 33.7 Å².